The molecule has 1 aliphatic rings. The minimum absolute atomic E-state index is 0.0925. The highest BCUT2D eigenvalue weighted by atomic mass is 16.6. The summed E-state index contributed by atoms with van der Waals surface area (Å²) in [5.41, 5.74) is 3.81. The van der Waals surface area contributed by atoms with Crippen molar-refractivity contribution in [3.8, 4) is 17.6 Å². The van der Waals surface area contributed by atoms with Crippen LogP contribution in [0.3, 0.4) is 0 Å². The van der Waals surface area contributed by atoms with E-state index in [-0.39, 0.29) is 25.0 Å². The van der Waals surface area contributed by atoms with Crippen molar-refractivity contribution in [2.24, 2.45) is 17.8 Å². The molecule has 5 heteroatoms. The van der Waals surface area contributed by atoms with E-state index in [0.29, 0.717) is 42.8 Å². The standard InChI is InChI=1S/C35H44O5/c1-25(2)21-30(22-26(3)4)14-17-31-23-33(40-35(31)37)24-39-34(36)7-6-20-38-32-18-15-29(16-19-32)13-12-28-10-8-27(5)9-11-28/h8-11,15-19,25-26,30,33H,6-7,14,20-24H2,1-5H3/b31-17+. The van der Waals surface area contributed by atoms with Gasteiger partial charge in [0.2, 0.25) is 0 Å². The average molecular weight is 545 g/mol. The van der Waals surface area contributed by atoms with Gasteiger partial charge in [0.25, 0.3) is 0 Å². The van der Waals surface area contributed by atoms with Gasteiger partial charge in [0.05, 0.1) is 6.61 Å². The molecular formula is C35H44O5. The van der Waals surface area contributed by atoms with E-state index >= 15 is 0 Å². The van der Waals surface area contributed by atoms with E-state index in [2.05, 4.69) is 46.5 Å². The van der Waals surface area contributed by atoms with E-state index in [1.807, 2.05) is 54.6 Å². The van der Waals surface area contributed by atoms with Crippen molar-refractivity contribution in [2.75, 3.05) is 13.2 Å². The third-order valence-electron chi connectivity index (χ3n) is 6.77. The molecule has 1 atom stereocenters. The lowest BCUT2D eigenvalue weighted by molar-refractivity contribution is -0.152. The van der Waals surface area contributed by atoms with Crippen LogP contribution in [0.4, 0.5) is 0 Å². The van der Waals surface area contributed by atoms with Crippen molar-refractivity contribution < 1.29 is 23.8 Å². The Balaban J connectivity index is 1.33. The van der Waals surface area contributed by atoms with Crippen molar-refractivity contribution in [3.63, 3.8) is 0 Å². The Morgan fingerprint density at radius 2 is 1.57 bits per heavy atom. The highest BCUT2D eigenvalue weighted by Crippen LogP contribution is 2.27. The van der Waals surface area contributed by atoms with Crippen molar-refractivity contribution in [1.82, 2.24) is 0 Å². The second kappa shape index (κ2) is 15.9. The minimum Gasteiger partial charge on any atom is -0.494 e. The molecule has 214 valence electrons. The number of esters is 2. The number of benzene rings is 2. The Labute approximate surface area is 240 Å². The van der Waals surface area contributed by atoms with Gasteiger partial charge in [-0.15, -0.1) is 0 Å². The largest absolute Gasteiger partial charge is 0.494 e. The van der Waals surface area contributed by atoms with E-state index in [9.17, 15) is 9.59 Å². The monoisotopic (exact) mass is 544 g/mol. The molecule has 0 bridgehead atoms. The lowest BCUT2D eigenvalue weighted by Crippen LogP contribution is -2.18. The van der Waals surface area contributed by atoms with Gasteiger partial charge in [-0.3, -0.25) is 4.79 Å². The summed E-state index contributed by atoms with van der Waals surface area (Å²) in [6.07, 6.45) is 6.10. The van der Waals surface area contributed by atoms with Crippen LogP contribution >= 0.6 is 0 Å². The number of aryl methyl sites for hydroxylation is 1. The molecule has 0 aliphatic carbocycles. The Hall–Kier alpha value is -3.52. The quantitative estimate of drug-likeness (QED) is 0.114. The second-order valence-electron chi connectivity index (χ2n) is 11.6. The van der Waals surface area contributed by atoms with Gasteiger partial charge >= 0.3 is 11.9 Å². The lowest BCUT2D eigenvalue weighted by atomic mass is 9.86. The smallest absolute Gasteiger partial charge is 0.334 e. The Kier molecular flexibility index (Phi) is 12.3. The summed E-state index contributed by atoms with van der Waals surface area (Å²) < 4.78 is 16.6. The van der Waals surface area contributed by atoms with Crippen LogP contribution in [-0.2, 0) is 19.1 Å². The Morgan fingerprint density at radius 3 is 2.17 bits per heavy atom. The zero-order valence-corrected chi connectivity index (χ0v) is 24.7. The fourth-order valence-electron chi connectivity index (χ4n) is 4.87. The number of carbonyl (C=O) groups excluding carboxylic acids is 2. The number of hydrogen-bond donors (Lipinski definition) is 0. The van der Waals surface area contributed by atoms with Crippen LogP contribution in [0.2, 0.25) is 0 Å². The number of cyclic esters (lactones) is 1. The number of allylic oxidation sites excluding steroid dienone is 1. The molecule has 0 aromatic heterocycles. The molecule has 0 N–H and O–H groups in total. The van der Waals surface area contributed by atoms with Crippen molar-refractivity contribution in [1.29, 1.82) is 0 Å². The average Bonchev–Trinajstić information content (AvgIpc) is 3.27. The predicted molar refractivity (Wildman–Crippen MR) is 159 cm³/mol. The molecule has 1 fully saturated rings. The molecule has 2 aromatic carbocycles. The number of hydrogen-bond acceptors (Lipinski definition) is 5. The maximum absolute atomic E-state index is 12.3. The fourth-order valence-corrected chi connectivity index (χ4v) is 4.87. The molecule has 2 aromatic rings. The second-order valence-corrected chi connectivity index (χ2v) is 11.6. The number of rotatable bonds is 13. The summed E-state index contributed by atoms with van der Waals surface area (Å²) in [7, 11) is 0. The summed E-state index contributed by atoms with van der Waals surface area (Å²) in [4.78, 5) is 24.5. The van der Waals surface area contributed by atoms with Gasteiger partial charge in [-0.25, -0.2) is 4.79 Å². The van der Waals surface area contributed by atoms with Crippen LogP contribution in [0.15, 0.2) is 60.2 Å². The third-order valence-corrected chi connectivity index (χ3v) is 6.77. The summed E-state index contributed by atoms with van der Waals surface area (Å²) in [6.45, 7) is 11.5. The first-order valence-electron chi connectivity index (χ1n) is 14.5. The van der Waals surface area contributed by atoms with Crippen molar-refractivity contribution in [2.45, 2.75) is 79.2 Å². The number of ether oxygens (including phenoxy) is 3. The van der Waals surface area contributed by atoms with Gasteiger partial charge in [0.15, 0.2) is 0 Å². The van der Waals surface area contributed by atoms with Gasteiger partial charge in [-0.1, -0.05) is 63.3 Å². The van der Waals surface area contributed by atoms with E-state index in [0.717, 1.165) is 36.1 Å². The molecule has 1 aliphatic heterocycles. The highest BCUT2D eigenvalue weighted by Gasteiger charge is 2.30. The van der Waals surface area contributed by atoms with Gasteiger partial charge in [-0.05, 0) is 86.8 Å². The molecule has 0 amide bonds. The summed E-state index contributed by atoms with van der Waals surface area (Å²) >= 11 is 0. The molecule has 40 heavy (non-hydrogen) atoms. The first kappa shape index (κ1) is 31.0. The normalized spacial score (nSPS) is 15.8. The van der Waals surface area contributed by atoms with Crippen molar-refractivity contribution in [3.05, 3.63) is 76.9 Å². The van der Waals surface area contributed by atoms with E-state index in [1.165, 1.54) is 5.56 Å². The molecule has 1 saturated heterocycles. The maximum atomic E-state index is 12.3. The molecule has 1 unspecified atom stereocenters. The van der Waals surface area contributed by atoms with Crippen LogP contribution in [0.1, 0.15) is 82.9 Å². The Morgan fingerprint density at radius 1 is 0.975 bits per heavy atom. The summed E-state index contributed by atoms with van der Waals surface area (Å²) in [5.74, 6) is 8.28. The third kappa shape index (κ3) is 11.3. The van der Waals surface area contributed by atoms with Crippen LogP contribution in [-0.4, -0.2) is 31.3 Å². The van der Waals surface area contributed by atoms with Gasteiger partial charge in [0, 0.05) is 29.5 Å². The molecule has 0 radical (unpaired) electrons. The van der Waals surface area contributed by atoms with Crippen LogP contribution in [0, 0.1) is 36.5 Å². The van der Waals surface area contributed by atoms with Crippen molar-refractivity contribution >= 4 is 11.9 Å². The SMILES string of the molecule is Cc1ccc(C#Cc2ccc(OCCCC(=O)OCC3C/C(=C\CC(CC(C)C)CC(C)C)C(=O)O3)cc2)cc1. The first-order chi connectivity index (χ1) is 19.2. The summed E-state index contributed by atoms with van der Waals surface area (Å²) in [6, 6.07) is 15.7. The van der Waals surface area contributed by atoms with Gasteiger partial charge in [-0.2, -0.15) is 0 Å². The topological polar surface area (TPSA) is 61.8 Å². The highest BCUT2D eigenvalue weighted by molar-refractivity contribution is 5.90. The van der Waals surface area contributed by atoms with Crippen LogP contribution < -0.4 is 4.74 Å². The van der Waals surface area contributed by atoms with E-state index in [4.69, 9.17) is 14.2 Å². The maximum Gasteiger partial charge on any atom is 0.334 e. The molecule has 5 nitrogen and oxygen atoms in total. The molecule has 1 heterocycles. The molecule has 0 saturated carbocycles. The first-order valence-corrected chi connectivity index (χ1v) is 14.5. The van der Waals surface area contributed by atoms with Gasteiger partial charge < -0.3 is 14.2 Å². The number of carbonyl (C=O) groups is 2. The Bertz CT molecular complexity index is 1170. The molecular weight excluding hydrogens is 500 g/mol. The molecule has 0 spiro atoms. The zero-order valence-electron chi connectivity index (χ0n) is 24.7. The molecule has 3 rings (SSSR count). The fraction of sp³-hybridized carbons (Fsp3) is 0.486. The minimum atomic E-state index is -0.403. The lowest BCUT2D eigenvalue weighted by Gasteiger charge is -2.19. The van der Waals surface area contributed by atoms with E-state index < -0.39 is 6.10 Å². The van der Waals surface area contributed by atoms with Gasteiger partial charge in [0.1, 0.15) is 18.5 Å². The predicted octanol–water partition coefficient (Wildman–Crippen LogP) is 7.44. The zero-order chi connectivity index (χ0) is 28.9. The van der Waals surface area contributed by atoms with Crippen LogP contribution in [0.25, 0.3) is 0 Å². The van der Waals surface area contributed by atoms with E-state index in [1.54, 1.807) is 0 Å². The van der Waals surface area contributed by atoms with Crippen LogP contribution in [0.5, 0.6) is 5.75 Å². The summed E-state index contributed by atoms with van der Waals surface area (Å²) in [5, 5.41) is 0.